The van der Waals surface area contributed by atoms with Crippen molar-refractivity contribution in [3.05, 3.63) is 66.0 Å². The highest BCUT2D eigenvalue weighted by atomic mass is 16.5. The predicted octanol–water partition coefficient (Wildman–Crippen LogP) is 5.70. The molecule has 4 heterocycles. The second-order valence-electron chi connectivity index (χ2n) is 13.6. The SMILES string of the molecule is C/C(=C\C=C\[C@@H](C)c1ccccn1)[C@H]1OC(=O)C[C@H](O)CC[C@@](C)(O)[C@H](C2CCCCN2C2CCN(C(=O)O)CC2)/C=C/[C@@H]1C. The van der Waals surface area contributed by atoms with Crippen molar-refractivity contribution in [3.8, 4) is 0 Å². The lowest BCUT2D eigenvalue weighted by atomic mass is 9.74. The number of carbonyl (C=O) groups is 2. The summed E-state index contributed by atoms with van der Waals surface area (Å²) in [5, 5.41) is 32.2. The van der Waals surface area contributed by atoms with Gasteiger partial charge in [-0.25, -0.2) is 4.79 Å². The normalized spacial score (nSPS) is 33.2. The highest BCUT2D eigenvalue weighted by molar-refractivity contribution is 5.70. The van der Waals surface area contributed by atoms with E-state index in [-0.39, 0.29) is 36.3 Å². The van der Waals surface area contributed by atoms with Gasteiger partial charge in [0.25, 0.3) is 0 Å². The largest absolute Gasteiger partial charge is 0.465 e. The molecule has 0 spiro atoms. The van der Waals surface area contributed by atoms with Crippen molar-refractivity contribution in [3.63, 3.8) is 0 Å². The van der Waals surface area contributed by atoms with Gasteiger partial charge in [0.15, 0.2) is 0 Å². The van der Waals surface area contributed by atoms with Crippen LogP contribution in [0.2, 0.25) is 0 Å². The van der Waals surface area contributed by atoms with Gasteiger partial charge in [-0.05, 0) is 76.6 Å². The number of aliphatic hydroxyl groups excluding tert-OH is 1. The molecule has 248 valence electrons. The maximum atomic E-state index is 12.9. The molecule has 1 amide bonds. The Labute approximate surface area is 268 Å². The Kier molecular flexibility index (Phi) is 12.4. The summed E-state index contributed by atoms with van der Waals surface area (Å²) in [6.45, 7) is 9.90. The van der Waals surface area contributed by atoms with Crippen LogP contribution in [0, 0.1) is 11.8 Å². The minimum absolute atomic E-state index is 0.0901. The van der Waals surface area contributed by atoms with E-state index >= 15 is 0 Å². The number of aliphatic hydroxyl groups is 2. The molecule has 3 aliphatic rings. The highest BCUT2D eigenvalue weighted by Crippen LogP contribution is 2.38. The lowest BCUT2D eigenvalue weighted by molar-refractivity contribution is -0.151. The Morgan fingerprint density at radius 1 is 1.13 bits per heavy atom. The van der Waals surface area contributed by atoms with E-state index in [2.05, 4.69) is 35.0 Å². The van der Waals surface area contributed by atoms with E-state index in [0.29, 0.717) is 25.9 Å². The Hall–Kier alpha value is -3.01. The van der Waals surface area contributed by atoms with E-state index in [4.69, 9.17) is 4.74 Å². The van der Waals surface area contributed by atoms with Crippen LogP contribution < -0.4 is 0 Å². The summed E-state index contributed by atoms with van der Waals surface area (Å²) >= 11 is 0. The molecule has 0 saturated carbocycles. The monoisotopic (exact) mass is 623 g/mol. The van der Waals surface area contributed by atoms with E-state index in [1.54, 1.807) is 6.20 Å². The van der Waals surface area contributed by atoms with Crippen molar-refractivity contribution in [1.29, 1.82) is 0 Å². The smallest absolute Gasteiger partial charge is 0.407 e. The molecule has 4 rings (SSSR count). The van der Waals surface area contributed by atoms with Crippen LogP contribution in [0.3, 0.4) is 0 Å². The molecule has 3 aliphatic heterocycles. The minimum atomic E-state index is -1.10. The van der Waals surface area contributed by atoms with E-state index < -0.39 is 29.9 Å². The summed E-state index contributed by atoms with van der Waals surface area (Å²) in [5.41, 5.74) is 0.765. The Balaban J connectivity index is 1.59. The van der Waals surface area contributed by atoms with E-state index in [1.165, 1.54) is 4.90 Å². The molecule has 1 aromatic rings. The Bertz CT molecular complexity index is 1210. The second kappa shape index (κ2) is 16.0. The van der Waals surface area contributed by atoms with Crippen LogP contribution in [0.1, 0.15) is 90.7 Å². The molecule has 45 heavy (non-hydrogen) atoms. The number of amides is 1. The summed E-state index contributed by atoms with van der Waals surface area (Å²) in [6.07, 6.45) is 14.9. The second-order valence-corrected chi connectivity index (χ2v) is 13.6. The van der Waals surface area contributed by atoms with Gasteiger partial charge in [0.05, 0.1) is 18.1 Å². The summed E-state index contributed by atoms with van der Waals surface area (Å²) in [4.78, 5) is 32.9. The molecule has 9 nitrogen and oxygen atoms in total. The van der Waals surface area contributed by atoms with Gasteiger partial charge in [0.2, 0.25) is 0 Å². The zero-order valence-corrected chi connectivity index (χ0v) is 27.4. The average Bonchev–Trinajstić information content (AvgIpc) is 3.02. The number of piperidine rings is 2. The van der Waals surface area contributed by atoms with Gasteiger partial charge in [-0.15, -0.1) is 0 Å². The molecular formula is C36H53N3O6. The summed E-state index contributed by atoms with van der Waals surface area (Å²) in [5.74, 6) is -0.699. The predicted molar refractivity (Wildman–Crippen MR) is 175 cm³/mol. The number of hydrogen-bond donors (Lipinski definition) is 3. The minimum Gasteiger partial charge on any atom is -0.465 e. The molecule has 0 radical (unpaired) electrons. The van der Waals surface area contributed by atoms with E-state index in [1.807, 2.05) is 51.1 Å². The fraction of sp³-hybridized carbons (Fsp3) is 0.639. The molecule has 0 aliphatic carbocycles. The molecule has 2 saturated heterocycles. The lowest BCUT2D eigenvalue weighted by Crippen LogP contribution is -2.57. The molecule has 1 aromatic heterocycles. The molecule has 0 aromatic carbocycles. The average molecular weight is 624 g/mol. The molecule has 3 N–H and O–H groups in total. The number of hydrogen-bond acceptors (Lipinski definition) is 7. The third-order valence-corrected chi connectivity index (χ3v) is 10.0. The first-order chi connectivity index (χ1) is 21.5. The first-order valence-electron chi connectivity index (χ1n) is 16.7. The first-order valence-corrected chi connectivity index (χ1v) is 16.7. The van der Waals surface area contributed by atoms with Crippen molar-refractivity contribution in [1.82, 2.24) is 14.8 Å². The quantitative estimate of drug-likeness (QED) is 0.210. The highest BCUT2D eigenvalue weighted by Gasteiger charge is 2.43. The number of ether oxygens (including phenoxy) is 1. The van der Waals surface area contributed by atoms with Crippen LogP contribution in [0.15, 0.2) is 60.3 Å². The van der Waals surface area contributed by atoms with Crippen LogP contribution in [0.4, 0.5) is 4.79 Å². The number of likely N-dealkylation sites (tertiary alicyclic amines) is 2. The van der Waals surface area contributed by atoms with Crippen molar-refractivity contribution in [2.24, 2.45) is 11.8 Å². The Morgan fingerprint density at radius 3 is 2.58 bits per heavy atom. The maximum Gasteiger partial charge on any atom is 0.407 e. The summed E-state index contributed by atoms with van der Waals surface area (Å²) in [7, 11) is 0. The van der Waals surface area contributed by atoms with Gasteiger partial charge < -0.3 is 25.0 Å². The molecule has 0 bridgehead atoms. The Morgan fingerprint density at radius 2 is 1.89 bits per heavy atom. The van der Waals surface area contributed by atoms with Crippen molar-refractivity contribution >= 4 is 12.1 Å². The number of rotatable bonds is 6. The van der Waals surface area contributed by atoms with Crippen molar-refractivity contribution < 1.29 is 29.6 Å². The number of esters is 1. The van der Waals surface area contributed by atoms with Gasteiger partial charge in [-0.2, -0.15) is 0 Å². The standard InChI is InChI=1S/C36H53N3O6/c1-25(31-12-5-7-20-37-31)10-9-11-26(2)34-27(3)14-15-30(36(4,44)19-16-29(40)24-33(41)45-34)32-13-6-8-21-39(32)28-17-22-38(23-18-28)35(42)43/h5,7,9-12,14-15,20,25,27-30,32,34,40,44H,6,8,13,16-19,21-24H2,1-4H3,(H,42,43)/b10-9+,15-14+,26-11+/t25-,27+,29-,30+,32?,34-,36-/m1/s1. The molecular weight excluding hydrogens is 570 g/mol. The number of carbonyl (C=O) groups excluding carboxylic acids is 1. The fourth-order valence-corrected chi connectivity index (χ4v) is 7.29. The number of allylic oxidation sites excluding steroid dienone is 3. The molecule has 7 atom stereocenters. The topological polar surface area (TPSA) is 123 Å². The van der Waals surface area contributed by atoms with E-state index in [9.17, 15) is 24.9 Å². The van der Waals surface area contributed by atoms with Gasteiger partial charge in [-0.3, -0.25) is 14.7 Å². The third-order valence-electron chi connectivity index (χ3n) is 10.0. The van der Waals surface area contributed by atoms with Crippen LogP contribution >= 0.6 is 0 Å². The van der Waals surface area contributed by atoms with Gasteiger partial charge in [-0.1, -0.05) is 56.7 Å². The third kappa shape index (κ3) is 9.50. The molecule has 2 fully saturated rings. The number of carboxylic acid groups (broad SMARTS) is 1. The van der Waals surface area contributed by atoms with Crippen molar-refractivity contribution in [2.45, 2.75) is 115 Å². The molecule has 9 heteroatoms. The van der Waals surface area contributed by atoms with Crippen LogP contribution in [0.5, 0.6) is 0 Å². The number of nitrogens with zero attached hydrogens (tertiary/aromatic N) is 3. The van der Waals surface area contributed by atoms with Gasteiger partial charge in [0.1, 0.15) is 6.10 Å². The maximum absolute atomic E-state index is 12.9. The first kappa shape index (κ1) is 34.9. The van der Waals surface area contributed by atoms with Gasteiger partial charge in [0, 0.05) is 54.8 Å². The molecule has 1 unspecified atom stereocenters. The number of pyridine rings is 1. The van der Waals surface area contributed by atoms with Crippen LogP contribution in [-0.2, 0) is 9.53 Å². The van der Waals surface area contributed by atoms with Crippen molar-refractivity contribution in [2.75, 3.05) is 19.6 Å². The fourth-order valence-electron chi connectivity index (χ4n) is 7.29. The van der Waals surface area contributed by atoms with E-state index in [0.717, 1.165) is 49.9 Å². The zero-order valence-electron chi connectivity index (χ0n) is 27.4. The summed E-state index contributed by atoms with van der Waals surface area (Å²) < 4.78 is 6.00. The van der Waals surface area contributed by atoms with Crippen LogP contribution in [-0.4, -0.2) is 91.7 Å². The number of cyclic esters (lactones) is 1. The summed E-state index contributed by atoms with van der Waals surface area (Å²) in [6, 6.07) is 6.22. The zero-order chi connectivity index (χ0) is 32.6. The van der Waals surface area contributed by atoms with Crippen LogP contribution in [0.25, 0.3) is 0 Å². The lowest BCUT2D eigenvalue weighted by Gasteiger charge is -2.49. The number of aromatic nitrogens is 1. The van der Waals surface area contributed by atoms with Gasteiger partial charge >= 0.3 is 12.1 Å².